The number of carbonyl (C=O) groups excluding carboxylic acids is 2. The van der Waals surface area contributed by atoms with Gasteiger partial charge in [-0.3, -0.25) is 4.79 Å². The van der Waals surface area contributed by atoms with Crippen LogP contribution < -0.4 is 5.32 Å². The summed E-state index contributed by atoms with van der Waals surface area (Å²) in [5.41, 5.74) is 10.4. The number of nitrogens with zero attached hydrogens (tertiary/aromatic N) is 3. The van der Waals surface area contributed by atoms with Crippen molar-refractivity contribution in [2.24, 2.45) is 26.8 Å². The van der Waals surface area contributed by atoms with Gasteiger partial charge in [-0.2, -0.15) is 0 Å². The van der Waals surface area contributed by atoms with E-state index in [2.05, 4.69) is 19.2 Å². The summed E-state index contributed by atoms with van der Waals surface area (Å²) < 4.78 is 10.8. The van der Waals surface area contributed by atoms with Gasteiger partial charge < -0.3 is 25.0 Å². The molecule has 10 heteroatoms. The van der Waals surface area contributed by atoms with Crippen molar-refractivity contribution in [3.8, 4) is 0 Å². The number of ether oxygens (including phenoxy) is 2. The van der Waals surface area contributed by atoms with Crippen molar-refractivity contribution in [3.63, 3.8) is 0 Å². The SMILES string of the molecule is CCCCCCOC(=O)CC[C@@H]1C2=C3CC(O)=C4C3=NC(=C4C)C=C3N=C(C=C4N=C(C=C(N2)[C@H]1C)C(C)=C4CO)C(C(=O)OC)=C3CC. The van der Waals surface area contributed by atoms with Crippen molar-refractivity contribution in [1.82, 2.24) is 5.32 Å². The minimum Gasteiger partial charge on any atom is -0.511 e. The summed E-state index contributed by atoms with van der Waals surface area (Å²) >= 11 is 0. The molecule has 6 rings (SSSR count). The average Bonchev–Trinajstić information content (AvgIpc) is 3.85. The minimum atomic E-state index is -0.501. The molecule has 1 aliphatic carbocycles. The molecule has 258 valence electrons. The fourth-order valence-electron chi connectivity index (χ4n) is 7.53. The number of nitrogens with one attached hydrogen (secondary N) is 1. The first-order valence-electron chi connectivity index (χ1n) is 17.5. The van der Waals surface area contributed by atoms with Gasteiger partial charge in [-0.05, 0) is 68.1 Å². The summed E-state index contributed by atoms with van der Waals surface area (Å²) in [7, 11) is 1.35. The second kappa shape index (κ2) is 14.1. The van der Waals surface area contributed by atoms with Gasteiger partial charge in [-0.15, -0.1) is 0 Å². The summed E-state index contributed by atoms with van der Waals surface area (Å²) in [4.78, 5) is 40.9. The van der Waals surface area contributed by atoms with E-state index in [4.69, 9.17) is 24.5 Å². The van der Waals surface area contributed by atoms with Gasteiger partial charge in [-0.1, -0.05) is 40.0 Å². The maximum atomic E-state index is 13.1. The van der Waals surface area contributed by atoms with E-state index in [0.29, 0.717) is 76.8 Å². The lowest BCUT2D eigenvalue weighted by Gasteiger charge is -2.17. The van der Waals surface area contributed by atoms with Gasteiger partial charge in [0.15, 0.2) is 0 Å². The second-order valence-electron chi connectivity index (χ2n) is 13.3. The van der Waals surface area contributed by atoms with Crippen LogP contribution in [0.25, 0.3) is 0 Å². The summed E-state index contributed by atoms with van der Waals surface area (Å²) in [5, 5.41) is 25.5. The zero-order chi connectivity index (χ0) is 35.0. The number of allylic oxidation sites excluding steroid dienone is 10. The van der Waals surface area contributed by atoms with Crippen molar-refractivity contribution in [2.75, 3.05) is 20.3 Å². The number of fused-ring (bicyclic) bond motifs is 5. The van der Waals surface area contributed by atoms with Gasteiger partial charge in [0.2, 0.25) is 0 Å². The van der Waals surface area contributed by atoms with Crippen LogP contribution in [0.1, 0.15) is 86.0 Å². The van der Waals surface area contributed by atoms with Crippen molar-refractivity contribution in [2.45, 2.75) is 86.0 Å². The molecule has 8 bridgehead atoms. The monoisotopic (exact) mass is 666 g/mol. The highest BCUT2D eigenvalue weighted by Crippen LogP contribution is 2.46. The Morgan fingerprint density at radius 2 is 1.73 bits per heavy atom. The molecule has 1 fully saturated rings. The second-order valence-corrected chi connectivity index (χ2v) is 13.3. The van der Waals surface area contributed by atoms with E-state index < -0.39 is 5.97 Å². The Bertz CT molecular complexity index is 1860. The van der Waals surface area contributed by atoms with Gasteiger partial charge in [0.1, 0.15) is 5.76 Å². The van der Waals surface area contributed by atoms with Crippen LogP contribution in [0.5, 0.6) is 0 Å². The largest absolute Gasteiger partial charge is 0.511 e. The van der Waals surface area contributed by atoms with E-state index in [9.17, 15) is 19.8 Å². The number of aliphatic hydroxyl groups excluding tert-OH is 2. The highest BCUT2D eigenvalue weighted by molar-refractivity contribution is 6.28. The number of aliphatic hydroxyl groups is 2. The maximum absolute atomic E-state index is 13.1. The van der Waals surface area contributed by atoms with Crippen molar-refractivity contribution in [3.05, 3.63) is 91.5 Å². The Morgan fingerprint density at radius 3 is 2.45 bits per heavy atom. The first-order valence-corrected chi connectivity index (χ1v) is 17.5. The molecule has 1 saturated heterocycles. The number of hydrogen-bond donors (Lipinski definition) is 3. The first kappa shape index (κ1) is 34.3. The minimum absolute atomic E-state index is 0.0122. The Morgan fingerprint density at radius 1 is 0.980 bits per heavy atom. The summed E-state index contributed by atoms with van der Waals surface area (Å²) in [6.07, 6.45) is 11.5. The Hall–Kier alpha value is -4.57. The molecule has 5 heterocycles. The van der Waals surface area contributed by atoms with E-state index in [1.807, 2.05) is 32.9 Å². The van der Waals surface area contributed by atoms with Crippen LogP contribution in [-0.4, -0.2) is 59.6 Å². The molecule has 0 saturated carbocycles. The first-order chi connectivity index (χ1) is 23.6. The molecule has 10 nitrogen and oxygen atoms in total. The van der Waals surface area contributed by atoms with Crippen molar-refractivity contribution < 1.29 is 29.3 Å². The molecule has 6 aliphatic rings. The number of hydrogen-bond acceptors (Lipinski definition) is 10. The molecule has 3 N–H and O–H groups in total. The third-order valence-electron chi connectivity index (χ3n) is 10.4. The fraction of sp³-hybridized carbons (Fsp3) is 0.462. The van der Waals surface area contributed by atoms with Crippen LogP contribution in [0, 0.1) is 11.8 Å². The van der Waals surface area contributed by atoms with E-state index in [1.54, 1.807) is 6.08 Å². The fourth-order valence-corrected chi connectivity index (χ4v) is 7.53. The third-order valence-corrected chi connectivity index (χ3v) is 10.4. The molecule has 0 aromatic heterocycles. The zero-order valence-electron chi connectivity index (χ0n) is 29.3. The highest BCUT2D eigenvalue weighted by Gasteiger charge is 2.41. The lowest BCUT2D eigenvalue weighted by molar-refractivity contribution is -0.144. The van der Waals surface area contributed by atoms with Crippen LogP contribution in [0.2, 0.25) is 0 Å². The predicted octanol–water partition coefficient (Wildman–Crippen LogP) is 6.71. The lowest BCUT2D eigenvalue weighted by Crippen LogP contribution is -2.16. The average molecular weight is 667 g/mol. The van der Waals surface area contributed by atoms with Crippen molar-refractivity contribution >= 4 is 29.1 Å². The lowest BCUT2D eigenvalue weighted by atomic mass is 9.86. The zero-order valence-corrected chi connectivity index (χ0v) is 29.3. The van der Waals surface area contributed by atoms with Crippen LogP contribution >= 0.6 is 0 Å². The summed E-state index contributed by atoms with van der Waals surface area (Å²) in [6.45, 7) is 10.3. The molecule has 0 amide bonds. The Balaban J connectivity index is 1.47. The quantitative estimate of drug-likeness (QED) is 0.164. The van der Waals surface area contributed by atoms with Gasteiger partial charge in [0, 0.05) is 52.8 Å². The van der Waals surface area contributed by atoms with Crippen molar-refractivity contribution in [1.29, 1.82) is 0 Å². The Kier molecular flexibility index (Phi) is 9.88. The Labute approximate surface area is 287 Å². The molecule has 0 radical (unpaired) electrons. The van der Waals surface area contributed by atoms with Gasteiger partial charge in [-0.25, -0.2) is 19.8 Å². The van der Waals surface area contributed by atoms with Crippen LogP contribution in [-0.2, 0) is 19.1 Å². The standard InChI is InChI=1S/C39H46N4O6/c1-7-9-10-11-14-49-34(46)13-12-24-20(3)28-16-27-21(4)26(19-44)31(40-27)18-32-36(39(47)48-6)23(8-2)30(41-32)17-29-22(5)35-33(45)15-25(37(24)42-28)38(35)43-29/h16-18,20,24,42,44-45H,7-15,19H2,1-6H3/t20-,24-/m0/s1. The smallest absolute Gasteiger partial charge is 0.340 e. The predicted molar refractivity (Wildman–Crippen MR) is 190 cm³/mol. The molecule has 49 heavy (non-hydrogen) atoms. The van der Waals surface area contributed by atoms with E-state index >= 15 is 0 Å². The van der Waals surface area contributed by atoms with Gasteiger partial charge >= 0.3 is 11.9 Å². The molecule has 0 unspecified atom stereocenters. The number of unbranched alkanes of at least 4 members (excludes halogenated alkanes) is 3. The highest BCUT2D eigenvalue weighted by atomic mass is 16.5. The van der Waals surface area contributed by atoms with Crippen LogP contribution in [0.15, 0.2) is 106 Å². The number of carbonyl (C=O) groups is 2. The van der Waals surface area contributed by atoms with E-state index in [1.165, 1.54) is 7.11 Å². The topological polar surface area (TPSA) is 142 Å². The third kappa shape index (κ3) is 6.23. The summed E-state index contributed by atoms with van der Waals surface area (Å²) in [5.74, 6) is -0.521. The molecular weight excluding hydrogens is 620 g/mol. The van der Waals surface area contributed by atoms with Gasteiger partial charge in [0.05, 0.1) is 60.1 Å². The number of esters is 2. The molecule has 2 atom stereocenters. The number of aliphatic imine (C=N–C) groups is 3. The molecule has 0 spiro atoms. The molecule has 5 aliphatic heterocycles. The molecule has 0 aromatic carbocycles. The number of methoxy groups -OCH3 is 1. The van der Waals surface area contributed by atoms with Crippen LogP contribution in [0.4, 0.5) is 0 Å². The summed E-state index contributed by atoms with van der Waals surface area (Å²) in [6, 6.07) is 0. The van der Waals surface area contributed by atoms with E-state index in [-0.39, 0.29) is 36.6 Å². The molecular formula is C39H46N4O6. The maximum Gasteiger partial charge on any atom is 0.340 e. The molecule has 0 aromatic rings. The number of rotatable bonds is 11. The van der Waals surface area contributed by atoms with E-state index in [0.717, 1.165) is 59.4 Å². The van der Waals surface area contributed by atoms with Crippen LogP contribution in [0.3, 0.4) is 0 Å². The van der Waals surface area contributed by atoms with Gasteiger partial charge in [0.25, 0.3) is 0 Å². The normalized spacial score (nSPS) is 22.8.